The van der Waals surface area contributed by atoms with E-state index in [1.165, 1.54) is 12.4 Å². The van der Waals surface area contributed by atoms with E-state index in [4.69, 9.17) is 9.47 Å². The number of hydrogen-bond donors (Lipinski definition) is 3. The van der Waals surface area contributed by atoms with Gasteiger partial charge in [0.15, 0.2) is 0 Å². The predicted octanol–water partition coefficient (Wildman–Crippen LogP) is 2.80. The Morgan fingerprint density at radius 2 is 1.69 bits per heavy atom. The van der Waals surface area contributed by atoms with Gasteiger partial charge in [-0.3, -0.25) is 0 Å². The standard InChI is InChI=1S/C21H26N6O4S/c1-3-30-16-8-9-17(31-4-2)18(13-16)32(28,29)26-12-11-23-20-14-21(25-15-24-20)27-19-7-5-6-10-22-19/h5-10,13-15,26H,3-4,11-12H2,1-2H3,(H2,22,23,24,25,27). The summed E-state index contributed by atoms with van der Waals surface area (Å²) in [5.41, 5.74) is 0. The summed E-state index contributed by atoms with van der Waals surface area (Å²) < 4.78 is 39.1. The van der Waals surface area contributed by atoms with Gasteiger partial charge in [0.25, 0.3) is 0 Å². The molecule has 0 bridgehead atoms. The van der Waals surface area contributed by atoms with E-state index < -0.39 is 10.0 Å². The molecular weight excluding hydrogens is 432 g/mol. The third-order valence-corrected chi connectivity index (χ3v) is 5.61. The molecule has 3 aromatic rings. The van der Waals surface area contributed by atoms with Crippen molar-refractivity contribution in [3.8, 4) is 11.5 Å². The maximum Gasteiger partial charge on any atom is 0.244 e. The van der Waals surface area contributed by atoms with E-state index in [0.717, 1.165) is 0 Å². The quantitative estimate of drug-likeness (QED) is 0.351. The van der Waals surface area contributed by atoms with Crippen LogP contribution >= 0.6 is 0 Å². The molecular formula is C21H26N6O4S. The van der Waals surface area contributed by atoms with Gasteiger partial charge in [-0.1, -0.05) is 6.07 Å². The van der Waals surface area contributed by atoms with Gasteiger partial charge in [0, 0.05) is 31.4 Å². The fourth-order valence-corrected chi connectivity index (χ4v) is 3.96. The first-order chi connectivity index (χ1) is 15.5. The number of nitrogens with one attached hydrogen (secondary N) is 3. The van der Waals surface area contributed by atoms with Crippen LogP contribution in [0.15, 0.2) is 59.9 Å². The molecule has 0 unspecified atom stereocenters. The molecule has 3 N–H and O–H groups in total. The minimum atomic E-state index is -3.81. The van der Waals surface area contributed by atoms with Gasteiger partial charge in [-0.15, -0.1) is 0 Å². The van der Waals surface area contributed by atoms with Crippen LogP contribution < -0.4 is 24.8 Å². The van der Waals surface area contributed by atoms with Crippen molar-refractivity contribution < 1.29 is 17.9 Å². The van der Waals surface area contributed by atoms with Gasteiger partial charge in [-0.25, -0.2) is 28.1 Å². The lowest BCUT2D eigenvalue weighted by molar-refractivity contribution is 0.322. The van der Waals surface area contributed by atoms with Crippen LogP contribution in [0.1, 0.15) is 13.8 Å². The predicted molar refractivity (Wildman–Crippen MR) is 122 cm³/mol. The number of nitrogens with zero attached hydrogens (tertiary/aromatic N) is 3. The number of benzene rings is 1. The molecule has 2 aromatic heterocycles. The van der Waals surface area contributed by atoms with Crippen molar-refractivity contribution in [3.63, 3.8) is 0 Å². The van der Waals surface area contributed by atoms with E-state index in [9.17, 15) is 8.42 Å². The van der Waals surface area contributed by atoms with Gasteiger partial charge in [0.2, 0.25) is 10.0 Å². The smallest absolute Gasteiger partial charge is 0.244 e. The molecule has 3 rings (SSSR count). The van der Waals surface area contributed by atoms with E-state index in [2.05, 4.69) is 30.3 Å². The lowest BCUT2D eigenvalue weighted by atomic mass is 10.3. The largest absolute Gasteiger partial charge is 0.494 e. The minimum absolute atomic E-state index is 0.0363. The van der Waals surface area contributed by atoms with Crippen LogP contribution in [0.2, 0.25) is 0 Å². The van der Waals surface area contributed by atoms with Crippen molar-refractivity contribution in [2.45, 2.75) is 18.7 Å². The molecule has 0 spiro atoms. The molecule has 1 aromatic carbocycles. The molecule has 0 atom stereocenters. The molecule has 0 radical (unpaired) electrons. The Balaban J connectivity index is 1.59. The van der Waals surface area contributed by atoms with E-state index in [1.54, 1.807) is 31.3 Å². The maximum absolute atomic E-state index is 12.8. The van der Waals surface area contributed by atoms with E-state index >= 15 is 0 Å². The highest BCUT2D eigenvalue weighted by Gasteiger charge is 2.20. The summed E-state index contributed by atoms with van der Waals surface area (Å²) >= 11 is 0. The molecule has 0 fully saturated rings. The molecule has 0 aliphatic carbocycles. The lowest BCUT2D eigenvalue weighted by Gasteiger charge is -2.14. The molecule has 170 valence electrons. The second-order valence-corrected chi connectivity index (χ2v) is 8.16. The molecule has 32 heavy (non-hydrogen) atoms. The first-order valence-electron chi connectivity index (χ1n) is 10.1. The highest BCUT2D eigenvalue weighted by Crippen LogP contribution is 2.28. The zero-order valence-corrected chi connectivity index (χ0v) is 18.7. The Kier molecular flexibility index (Phi) is 8.17. The first-order valence-corrected chi connectivity index (χ1v) is 11.6. The molecule has 10 nitrogen and oxygen atoms in total. The van der Waals surface area contributed by atoms with Crippen molar-refractivity contribution in [3.05, 3.63) is 55.0 Å². The second kappa shape index (κ2) is 11.3. The van der Waals surface area contributed by atoms with Crippen molar-refractivity contribution in [2.24, 2.45) is 0 Å². The number of pyridine rings is 1. The van der Waals surface area contributed by atoms with Gasteiger partial charge in [-0.2, -0.15) is 0 Å². The van der Waals surface area contributed by atoms with Gasteiger partial charge in [-0.05, 0) is 38.1 Å². The Morgan fingerprint density at radius 1 is 0.875 bits per heavy atom. The molecule has 0 aliphatic heterocycles. The highest BCUT2D eigenvalue weighted by atomic mass is 32.2. The molecule has 11 heteroatoms. The van der Waals surface area contributed by atoms with E-state index in [1.807, 2.05) is 25.1 Å². The van der Waals surface area contributed by atoms with E-state index in [-0.39, 0.29) is 17.2 Å². The topological polar surface area (TPSA) is 127 Å². The zero-order valence-electron chi connectivity index (χ0n) is 17.9. The fourth-order valence-electron chi connectivity index (χ4n) is 2.77. The van der Waals surface area contributed by atoms with Gasteiger partial charge in [0.1, 0.15) is 40.2 Å². The average molecular weight is 459 g/mol. The number of anilines is 3. The Labute approximate surface area is 187 Å². The fraction of sp³-hybridized carbons (Fsp3) is 0.286. The highest BCUT2D eigenvalue weighted by molar-refractivity contribution is 7.89. The van der Waals surface area contributed by atoms with Crippen molar-refractivity contribution in [1.29, 1.82) is 0 Å². The zero-order chi connectivity index (χ0) is 22.8. The number of hydrogen-bond acceptors (Lipinski definition) is 9. The monoisotopic (exact) mass is 458 g/mol. The summed E-state index contributed by atoms with van der Waals surface area (Å²) in [7, 11) is -3.81. The molecule has 2 heterocycles. The molecule has 0 saturated carbocycles. The number of ether oxygens (including phenoxy) is 2. The van der Waals surface area contributed by atoms with E-state index in [0.29, 0.717) is 43.0 Å². The minimum Gasteiger partial charge on any atom is -0.494 e. The van der Waals surface area contributed by atoms with Crippen molar-refractivity contribution in [1.82, 2.24) is 19.7 Å². The van der Waals surface area contributed by atoms with Crippen molar-refractivity contribution >= 4 is 27.5 Å². The lowest BCUT2D eigenvalue weighted by Crippen LogP contribution is -2.29. The average Bonchev–Trinajstić information content (AvgIpc) is 2.79. The first kappa shape index (κ1) is 23.2. The SMILES string of the molecule is CCOc1ccc(OCC)c(S(=O)(=O)NCCNc2cc(Nc3ccccn3)ncn2)c1. The van der Waals surface area contributed by atoms with Crippen LogP contribution in [-0.4, -0.2) is 49.7 Å². The third kappa shape index (κ3) is 6.53. The van der Waals surface area contributed by atoms with Gasteiger partial charge >= 0.3 is 0 Å². The van der Waals surface area contributed by atoms with Crippen LogP contribution in [-0.2, 0) is 10.0 Å². The third-order valence-electron chi connectivity index (χ3n) is 4.13. The number of rotatable bonds is 12. The van der Waals surface area contributed by atoms with Gasteiger partial charge < -0.3 is 20.1 Å². The Hall–Kier alpha value is -3.44. The van der Waals surface area contributed by atoms with Crippen LogP contribution in [0, 0.1) is 0 Å². The van der Waals surface area contributed by atoms with Crippen LogP contribution in [0.5, 0.6) is 11.5 Å². The van der Waals surface area contributed by atoms with Crippen LogP contribution in [0.4, 0.5) is 17.5 Å². The van der Waals surface area contributed by atoms with Crippen LogP contribution in [0.25, 0.3) is 0 Å². The Bertz CT molecular complexity index is 1110. The van der Waals surface area contributed by atoms with Crippen molar-refractivity contribution in [2.75, 3.05) is 36.9 Å². The number of aromatic nitrogens is 3. The Morgan fingerprint density at radius 3 is 2.44 bits per heavy atom. The summed E-state index contributed by atoms with van der Waals surface area (Å²) in [5, 5.41) is 6.15. The normalized spacial score (nSPS) is 11.1. The van der Waals surface area contributed by atoms with Crippen LogP contribution in [0.3, 0.4) is 0 Å². The second-order valence-electron chi connectivity index (χ2n) is 6.43. The van der Waals surface area contributed by atoms with Gasteiger partial charge in [0.05, 0.1) is 13.2 Å². The summed E-state index contributed by atoms with van der Waals surface area (Å²) in [4.78, 5) is 12.5. The summed E-state index contributed by atoms with van der Waals surface area (Å²) in [5.74, 6) is 2.51. The molecule has 0 amide bonds. The summed E-state index contributed by atoms with van der Waals surface area (Å²) in [6, 6.07) is 12.0. The maximum atomic E-state index is 12.8. The summed E-state index contributed by atoms with van der Waals surface area (Å²) in [6.45, 7) is 4.86. The molecule has 0 aliphatic rings. The number of sulfonamides is 1. The summed E-state index contributed by atoms with van der Waals surface area (Å²) in [6.07, 6.45) is 3.08. The molecule has 0 saturated heterocycles.